The zero-order chi connectivity index (χ0) is 17.0. The quantitative estimate of drug-likeness (QED) is 0.722. The molecule has 1 aliphatic rings. The van der Waals surface area contributed by atoms with E-state index in [1.54, 1.807) is 24.1 Å². The second-order valence-corrected chi connectivity index (χ2v) is 6.68. The molecule has 1 unspecified atom stereocenters. The highest BCUT2D eigenvalue weighted by molar-refractivity contribution is 6.42. The molecule has 1 heterocycles. The predicted molar refractivity (Wildman–Crippen MR) is 93.5 cm³/mol. The number of halogens is 2. The van der Waals surface area contributed by atoms with E-state index in [0.29, 0.717) is 28.8 Å². The lowest BCUT2D eigenvalue weighted by Crippen LogP contribution is -2.41. The molecule has 1 aromatic carbocycles. The highest BCUT2D eigenvalue weighted by Gasteiger charge is 2.33. The Morgan fingerprint density at radius 2 is 2.09 bits per heavy atom. The Kier molecular flexibility index (Phi) is 6.47. The number of carbonyl (C=O) groups excluding carboxylic acids is 2. The molecule has 1 atom stereocenters. The second-order valence-electron chi connectivity index (χ2n) is 5.37. The Morgan fingerprint density at radius 3 is 2.74 bits per heavy atom. The molecule has 8 heteroatoms. The minimum Gasteiger partial charge on any atom is -0.340 e. The van der Waals surface area contributed by atoms with E-state index in [4.69, 9.17) is 23.2 Å². The molecule has 0 spiro atoms. The third kappa shape index (κ3) is 4.26. The van der Waals surface area contributed by atoms with Gasteiger partial charge in [0, 0.05) is 29.0 Å². The van der Waals surface area contributed by atoms with Crippen LogP contribution >= 0.6 is 23.2 Å². The zero-order valence-corrected chi connectivity index (χ0v) is 15.3. The lowest BCUT2D eigenvalue weighted by molar-refractivity contribution is -0.131. The summed E-state index contributed by atoms with van der Waals surface area (Å²) in [7, 11) is 5.14. The summed E-state index contributed by atoms with van der Waals surface area (Å²) in [4.78, 5) is 26.2. The van der Waals surface area contributed by atoms with Crippen molar-refractivity contribution < 1.29 is 9.59 Å². The van der Waals surface area contributed by atoms with Crippen LogP contribution in [0.4, 0.5) is 5.69 Å². The van der Waals surface area contributed by atoms with Crippen LogP contribution in [-0.4, -0.2) is 53.6 Å². The molecule has 3 radical (unpaired) electrons. The fourth-order valence-corrected chi connectivity index (χ4v) is 3.07. The van der Waals surface area contributed by atoms with Gasteiger partial charge in [-0.25, -0.2) is 0 Å². The SMILES string of the molecule is CNCC(=O)N(CCC[Si])CC1C(=O)Nc2cc(Cl)c(Cl)cc21. The third-order valence-corrected chi connectivity index (χ3v) is 4.81. The molecule has 1 aliphatic heterocycles. The van der Waals surface area contributed by atoms with Crippen molar-refractivity contribution in [1.82, 2.24) is 10.2 Å². The first-order valence-corrected chi connectivity index (χ1v) is 8.81. The topological polar surface area (TPSA) is 61.4 Å². The molecule has 2 rings (SSSR count). The smallest absolute Gasteiger partial charge is 0.236 e. The van der Waals surface area contributed by atoms with Crippen molar-refractivity contribution in [2.75, 3.05) is 32.0 Å². The standard InChI is InChI=1S/C15H18Cl2N3O2Si/c1-18-7-14(21)20(3-2-4-23)8-10-9-5-11(16)12(17)6-13(9)19-15(10)22/h5-6,10,18H,2-4,7-8H2,1H3,(H,19,22). The first-order valence-electron chi connectivity index (χ1n) is 7.34. The maximum atomic E-state index is 12.3. The van der Waals surface area contributed by atoms with E-state index in [9.17, 15) is 9.59 Å². The number of amides is 2. The predicted octanol–water partition coefficient (Wildman–Crippen LogP) is 2.05. The van der Waals surface area contributed by atoms with E-state index in [2.05, 4.69) is 20.9 Å². The van der Waals surface area contributed by atoms with Gasteiger partial charge in [0.1, 0.15) is 0 Å². The van der Waals surface area contributed by atoms with Gasteiger partial charge in [-0.1, -0.05) is 29.2 Å². The van der Waals surface area contributed by atoms with Gasteiger partial charge in [-0.2, -0.15) is 0 Å². The molecular formula is C15H18Cl2N3O2Si. The first kappa shape index (κ1) is 18.3. The van der Waals surface area contributed by atoms with E-state index in [0.717, 1.165) is 18.0 Å². The van der Waals surface area contributed by atoms with Gasteiger partial charge in [0.25, 0.3) is 0 Å². The third-order valence-electron chi connectivity index (χ3n) is 3.73. The Labute approximate surface area is 149 Å². The van der Waals surface area contributed by atoms with Gasteiger partial charge in [-0.15, -0.1) is 0 Å². The lowest BCUT2D eigenvalue weighted by Gasteiger charge is -2.25. The number of nitrogens with zero attached hydrogens (tertiary/aromatic N) is 1. The molecule has 0 aliphatic carbocycles. The molecule has 0 saturated carbocycles. The molecule has 5 nitrogen and oxygen atoms in total. The number of carbonyl (C=O) groups is 2. The van der Waals surface area contributed by atoms with Crippen LogP contribution in [0.25, 0.3) is 0 Å². The van der Waals surface area contributed by atoms with Crippen LogP contribution in [0, 0.1) is 0 Å². The molecule has 0 bridgehead atoms. The summed E-state index contributed by atoms with van der Waals surface area (Å²) in [6.45, 7) is 1.15. The van der Waals surface area contributed by atoms with Gasteiger partial charge in [-0.3, -0.25) is 9.59 Å². The van der Waals surface area contributed by atoms with E-state index >= 15 is 0 Å². The average molecular weight is 371 g/mol. The Morgan fingerprint density at radius 1 is 1.39 bits per heavy atom. The Hall–Kier alpha value is -1.08. The fourth-order valence-electron chi connectivity index (χ4n) is 2.57. The summed E-state index contributed by atoms with van der Waals surface area (Å²) in [6.07, 6.45) is 0.814. The minimum atomic E-state index is -0.435. The number of hydrogen-bond donors (Lipinski definition) is 2. The van der Waals surface area contributed by atoms with Gasteiger partial charge in [0.2, 0.25) is 11.8 Å². The van der Waals surface area contributed by atoms with Gasteiger partial charge in [0.15, 0.2) is 0 Å². The highest BCUT2D eigenvalue weighted by Crippen LogP contribution is 2.38. The van der Waals surface area contributed by atoms with Crippen molar-refractivity contribution in [2.45, 2.75) is 18.4 Å². The number of rotatable bonds is 7. The van der Waals surface area contributed by atoms with Crippen LogP contribution in [0.5, 0.6) is 0 Å². The Balaban J connectivity index is 2.21. The maximum absolute atomic E-state index is 12.3. The molecule has 0 aromatic heterocycles. The van der Waals surface area contributed by atoms with Gasteiger partial charge in [-0.05, 0) is 31.2 Å². The van der Waals surface area contributed by atoms with Gasteiger partial charge in [0.05, 0.1) is 22.5 Å². The van der Waals surface area contributed by atoms with Crippen molar-refractivity contribution >= 4 is 50.9 Å². The van der Waals surface area contributed by atoms with E-state index in [1.807, 2.05) is 0 Å². The lowest BCUT2D eigenvalue weighted by atomic mass is 10.00. The van der Waals surface area contributed by atoms with Crippen LogP contribution in [0.2, 0.25) is 16.1 Å². The second kappa shape index (κ2) is 8.15. The number of fused-ring (bicyclic) bond motifs is 1. The van der Waals surface area contributed by atoms with Crippen molar-refractivity contribution in [1.29, 1.82) is 0 Å². The van der Waals surface area contributed by atoms with Crippen LogP contribution in [0.3, 0.4) is 0 Å². The Bertz CT molecular complexity index is 613. The molecule has 123 valence electrons. The fraction of sp³-hybridized carbons (Fsp3) is 0.467. The molecule has 1 aromatic rings. The van der Waals surface area contributed by atoms with Crippen LogP contribution in [-0.2, 0) is 9.59 Å². The summed E-state index contributed by atoms with van der Waals surface area (Å²) < 4.78 is 0. The van der Waals surface area contributed by atoms with Crippen molar-refractivity contribution in [3.8, 4) is 0 Å². The van der Waals surface area contributed by atoms with Crippen molar-refractivity contribution in [3.63, 3.8) is 0 Å². The number of benzene rings is 1. The van der Waals surface area contributed by atoms with E-state index in [-0.39, 0.29) is 18.4 Å². The first-order chi connectivity index (χ1) is 11.0. The van der Waals surface area contributed by atoms with Crippen molar-refractivity contribution in [2.24, 2.45) is 0 Å². The molecule has 0 fully saturated rings. The molecule has 2 N–H and O–H groups in total. The summed E-state index contributed by atoms with van der Waals surface area (Å²) in [5.41, 5.74) is 1.44. The zero-order valence-electron chi connectivity index (χ0n) is 12.8. The summed E-state index contributed by atoms with van der Waals surface area (Å²) in [5, 5.41) is 6.46. The number of nitrogens with one attached hydrogen (secondary N) is 2. The monoisotopic (exact) mass is 370 g/mol. The number of anilines is 1. The van der Waals surface area contributed by atoms with Gasteiger partial charge < -0.3 is 15.5 Å². The number of hydrogen-bond acceptors (Lipinski definition) is 3. The molecular weight excluding hydrogens is 353 g/mol. The average Bonchev–Trinajstić information content (AvgIpc) is 2.79. The number of likely N-dealkylation sites (N-methyl/N-ethyl adjacent to an activating group) is 1. The van der Waals surface area contributed by atoms with Crippen LogP contribution < -0.4 is 10.6 Å². The minimum absolute atomic E-state index is 0.0334. The summed E-state index contributed by atoms with van der Waals surface area (Å²) >= 11 is 12.1. The molecule has 0 saturated heterocycles. The van der Waals surface area contributed by atoms with Crippen LogP contribution in [0.15, 0.2) is 12.1 Å². The normalized spacial score (nSPS) is 16.2. The summed E-state index contributed by atoms with van der Waals surface area (Å²) in [5.74, 6) is -0.608. The largest absolute Gasteiger partial charge is 0.340 e. The van der Waals surface area contributed by atoms with Gasteiger partial charge >= 0.3 is 0 Å². The maximum Gasteiger partial charge on any atom is 0.236 e. The molecule has 23 heavy (non-hydrogen) atoms. The van der Waals surface area contributed by atoms with Crippen LogP contribution in [0.1, 0.15) is 17.9 Å². The van der Waals surface area contributed by atoms with E-state index in [1.165, 1.54) is 0 Å². The van der Waals surface area contributed by atoms with E-state index < -0.39 is 5.92 Å². The van der Waals surface area contributed by atoms with Crippen molar-refractivity contribution in [3.05, 3.63) is 27.7 Å². The highest BCUT2D eigenvalue weighted by atomic mass is 35.5. The molecule has 2 amide bonds. The summed E-state index contributed by atoms with van der Waals surface area (Å²) in [6, 6.07) is 4.14.